The highest BCUT2D eigenvalue weighted by Gasteiger charge is 2.14. The summed E-state index contributed by atoms with van der Waals surface area (Å²) in [7, 11) is 0. The van der Waals surface area contributed by atoms with Gasteiger partial charge in [-0.2, -0.15) is 4.68 Å². The summed E-state index contributed by atoms with van der Waals surface area (Å²) in [6.45, 7) is 3.20. The van der Waals surface area contributed by atoms with Crippen LogP contribution >= 0.6 is 0 Å². The maximum Gasteiger partial charge on any atom is 0.274 e. The van der Waals surface area contributed by atoms with Crippen molar-refractivity contribution in [3.05, 3.63) is 40.0 Å². The quantitative estimate of drug-likeness (QED) is 0.485. The van der Waals surface area contributed by atoms with Crippen LogP contribution < -0.4 is 5.32 Å². The number of rotatable bonds is 6. The fourth-order valence-corrected chi connectivity index (χ4v) is 1.68. The summed E-state index contributed by atoms with van der Waals surface area (Å²) in [6, 6.07) is 3.22. The average Bonchev–Trinajstić information content (AvgIpc) is 2.86. The molecular weight excluding hydrogens is 267 g/mol. The minimum Gasteiger partial charge on any atom is -0.310 e. The van der Waals surface area contributed by atoms with Gasteiger partial charge in [0.15, 0.2) is 5.82 Å². The van der Waals surface area contributed by atoms with Gasteiger partial charge in [-0.05, 0) is 23.4 Å². The Bertz CT molecular complexity index is 615. The molecule has 0 amide bonds. The average molecular weight is 280 g/mol. The number of nitro groups is 1. The third-order valence-electron chi connectivity index (χ3n) is 2.57. The molecule has 0 spiro atoms. The highest BCUT2D eigenvalue weighted by atomic mass is 19.1. The van der Waals surface area contributed by atoms with Crippen LogP contribution in [0.5, 0.6) is 0 Å². The van der Waals surface area contributed by atoms with Crippen molar-refractivity contribution in [2.24, 2.45) is 0 Å². The Labute approximate surface area is 113 Å². The predicted octanol–water partition coefficient (Wildman–Crippen LogP) is 1.21. The highest BCUT2D eigenvalue weighted by molar-refractivity contribution is 5.43. The number of hydrogen-bond donors (Lipinski definition) is 1. The van der Waals surface area contributed by atoms with Crippen LogP contribution in [0.4, 0.5) is 10.1 Å². The van der Waals surface area contributed by atoms with E-state index < -0.39 is 10.7 Å². The van der Waals surface area contributed by atoms with Crippen molar-refractivity contribution < 1.29 is 9.31 Å². The molecule has 0 saturated carbocycles. The predicted molar refractivity (Wildman–Crippen MR) is 67.8 cm³/mol. The van der Waals surface area contributed by atoms with E-state index in [0.29, 0.717) is 12.4 Å². The molecule has 1 aromatic carbocycles. The normalized spacial score (nSPS) is 10.7. The van der Waals surface area contributed by atoms with Crippen molar-refractivity contribution in [2.45, 2.75) is 19.9 Å². The summed E-state index contributed by atoms with van der Waals surface area (Å²) >= 11 is 0. The summed E-state index contributed by atoms with van der Waals surface area (Å²) in [4.78, 5) is 10.1. The van der Waals surface area contributed by atoms with Gasteiger partial charge in [0.1, 0.15) is 5.82 Å². The lowest BCUT2D eigenvalue weighted by atomic mass is 10.2. The maximum atomic E-state index is 13.4. The smallest absolute Gasteiger partial charge is 0.274 e. The molecule has 0 aliphatic heterocycles. The van der Waals surface area contributed by atoms with E-state index in [9.17, 15) is 14.5 Å². The number of nitrogens with one attached hydrogen (secondary N) is 1. The number of aromatic nitrogens is 4. The summed E-state index contributed by atoms with van der Waals surface area (Å²) < 4.78 is 14.7. The molecule has 0 aliphatic rings. The fraction of sp³-hybridized carbons (Fsp3) is 0.364. The highest BCUT2D eigenvalue weighted by Crippen LogP contribution is 2.19. The molecule has 0 bridgehead atoms. The Morgan fingerprint density at radius 1 is 1.45 bits per heavy atom. The van der Waals surface area contributed by atoms with Crippen LogP contribution in [0.2, 0.25) is 0 Å². The zero-order valence-electron chi connectivity index (χ0n) is 10.8. The van der Waals surface area contributed by atoms with Crippen LogP contribution in [0.25, 0.3) is 5.69 Å². The number of tetrazole rings is 1. The second-order valence-corrected chi connectivity index (χ2v) is 4.11. The van der Waals surface area contributed by atoms with Gasteiger partial charge in [-0.3, -0.25) is 10.1 Å². The van der Waals surface area contributed by atoms with Crippen molar-refractivity contribution in [2.75, 3.05) is 6.54 Å². The van der Waals surface area contributed by atoms with E-state index in [-0.39, 0.29) is 11.4 Å². The number of halogens is 1. The van der Waals surface area contributed by atoms with E-state index in [1.165, 1.54) is 10.7 Å². The van der Waals surface area contributed by atoms with Crippen LogP contribution in [-0.4, -0.2) is 31.7 Å². The Kier molecular flexibility index (Phi) is 4.31. The van der Waals surface area contributed by atoms with Crippen LogP contribution in [0.1, 0.15) is 19.2 Å². The van der Waals surface area contributed by atoms with Crippen LogP contribution in [-0.2, 0) is 6.54 Å². The molecule has 0 aliphatic carbocycles. The molecule has 1 heterocycles. The Hall–Kier alpha value is -2.42. The number of nitrogens with zero attached hydrogens (tertiary/aromatic N) is 5. The first-order valence-electron chi connectivity index (χ1n) is 6.05. The van der Waals surface area contributed by atoms with E-state index in [4.69, 9.17) is 0 Å². The van der Waals surface area contributed by atoms with Crippen molar-refractivity contribution in [3.63, 3.8) is 0 Å². The first-order chi connectivity index (χ1) is 9.61. The SMILES string of the molecule is CCCNCc1nnnn1-c1cc(F)cc([N+](=O)[O-])c1. The summed E-state index contributed by atoms with van der Waals surface area (Å²) in [6.07, 6.45) is 0.951. The lowest BCUT2D eigenvalue weighted by Crippen LogP contribution is -2.17. The molecule has 0 atom stereocenters. The molecule has 0 fully saturated rings. The Morgan fingerprint density at radius 2 is 2.25 bits per heavy atom. The first-order valence-corrected chi connectivity index (χ1v) is 6.05. The molecule has 8 nitrogen and oxygen atoms in total. The summed E-state index contributed by atoms with van der Waals surface area (Å²) in [5, 5.41) is 24.9. The van der Waals surface area contributed by atoms with E-state index >= 15 is 0 Å². The van der Waals surface area contributed by atoms with Gasteiger partial charge in [-0.15, -0.1) is 5.10 Å². The molecule has 9 heteroatoms. The van der Waals surface area contributed by atoms with Crippen molar-refractivity contribution in [3.8, 4) is 5.69 Å². The molecule has 0 unspecified atom stereocenters. The first kappa shape index (κ1) is 14.0. The van der Waals surface area contributed by atoms with Crippen LogP contribution in [0.3, 0.4) is 0 Å². The molecule has 2 aromatic rings. The number of non-ortho nitro benzene ring substituents is 1. The standard InChI is InChI=1S/C11H13FN6O2/c1-2-3-13-7-11-14-15-16-17(11)9-4-8(12)5-10(6-9)18(19)20/h4-6,13H,2-3,7H2,1H3. The number of hydrogen-bond acceptors (Lipinski definition) is 6. The molecule has 2 rings (SSSR count). The molecular formula is C11H13FN6O2. The van der Waals surface area contributed by atoms with E-state index in [2.05, 4.69) is 20.8 Å². The van der Waals surface area contributed by atoms with Gasteiger partial charge >= 0.3 is 0 Å². The van der Waals surface area contributed by atoms with Gasteiger partial charge in [0.25, 0.3) is 5.69 Å². The van der Waals surface area contributed by atoms with Crippen molar-refractivity contribution in [1.82, 2.24) is 25.5 Å². The van der Waals surface area contributed by atoms with Gasteiger partial charge in [0, 0.05) is 12.1 Å². The number of benzene rings is 1. The summed E-state index contributed by atoms with van der Waals surface area (Å²) in [5.74, 6) is -0.254. The second-order valence-electron chi connectivity index (χ2n) is 4.11. The molecule has 1 aromatic heterocycles. The minimum absolute atomic E-state index is 0.218. The lowest BCUT2D eigenvalue weighted by molar-refractivity contribution is -0.385. The largest absolute Gasteiger partial charge is 0.310 e. The van der Waals surface area contributed by atoms with Gasteiger partial charge in [0.05, 0.1) is 23.2 Å². The van der Waals surface area contributed by atoms with E-state index in [0.717, 1.165) is 25.1 Å². The van der Waals surface area contributed by atoms with Crippen LogP contribution in [0, 0.1) is 15.9 Å². The van der Waals surface area contributed by atoms with Gasteiger partial charge in [-0.25, -0.2) is 4.39 Å². The minimum atomic E-state index is -0.711. The monoisotopic (exact) mass is 280 g/mol. The Morgan fingerprint density at radius 3 is 2.95 bits per heavy atom. The van der Waals surface area contributed by atoms with Gasteiger partial charge < -0.3 is 5.32 Å². The molecule has 20 heavy (non-hydrogen) atoms. The molecule has 0 saturated heterocycles. The molecule has 106 valence electrons. The van der Waals surface area contributed by atoms with Gasteiger partial charge in [0.2, 0.25) is 0 Å². The number of nitro benzene ring substituents is 1. The fourth-order valence-electron chi connectivity index (χ4n) is 1.68. The lowest BCUT2D eigenvalue weighted by Gasteiger charge is -2.05. The zero-order chi connectivity index (χ0) is 14.5. The van der Waals surface area contributed by atoms with E-state index in [1.54, 1.807) is 0 Å². The second kappa shape index (κ2) is 6.15. The van der Waals surface area contributed by atoms with Crippen molar-refractivity contribution >= 4 is 5.69 Å². The molecule has 1 N–H and O–H groups in total. The third-order valence-corrected chi connectivity index (χ3v) is 2.57. The third kappa shape index (κ3) is 3.12. The maximum absolute atomic E-state index is 13.4. The zero-order valence-corrected chi connectivity index (χ0v) is 10.8. The van der Waals surface area contributed by atoms with Crippen LogP contribution in [0.15, 0.2) is 18.2 Å². The van der Waals surface area contributed by atoms with Gasteiger partial charge in [-0.1, -0.05) is 6.92 Å². The van der Waals surface area contributed by atoms with E-state index in [1.807, 2.05) is 6.92 Å². The van der Waals surface area contributed by atoms with Crippen molar-refractivity contribution in [1.29, 1.82) is 0 Å². The molecule has 0 radical (unpaired) electrons. The topological polar surface area (TPSA) is 98.8 Å². The summed E-state index contributed by atoms with van der Waals surface area (Å²) in [5.41, 5.74) is -0.127. The Balaban J connectivity index is 2.32.